The summed E-state index contributed by atoms with van der Waals surface area (Å²) in [6, 6.07) is 3.61. The van der Waals surface area contributed by atoms with Gasteiger partial charge in [-0.05, 0) is 36.5 Å². The minimum atomic E-state index is -0.110. The van der Waals surface area contributed by atoms with Gasteiger partial charge in [0.1, 0.15) is 0 Å². The van der Waals surface area contributed by atoms with E-state index in [-0.39, 0.29) is 18.0 Å². The fraction of sp³-hybridized carbons (Fsp3) is 0.500. The van der Waals surface area contributed by atoms with E-state index in [1.54, 1.807) is 11.0 Å². The van der Waals surface area contributed by atoms with E-state index in [1.807, 2.05) is 6.07 Å². The molecule has 3 rings (SSSR count). The lowest BCUT2D eigenvalue weighted by Gasteiger charge is -2.31. The van der Waals surface area contributed by atoms with Crippen LogP contribution in [0.15, 0.2) is 12.1 Å². The zero-order valence-corrected chi connectivity index (χ0v) is 14.2. The van der Waals surface area contributed by atoms with Gasteiger partial charge in [0.2, 0.25) is 5.91 Å². The topological polar surface area (TPSA) is 61.4 Å². The van der Waals surface area contributed by atoms with Crippen molar-refractivity contribution in [3.8, 4) is 0 Å². The monoisotopic (exact) mass is 355 g/mol. The van der Waals surface area contributed by atoms with Gasteiger partial charge in [0, 0.05) is 32.1 Å². The fourth-order valence-electron chi connectivity index (χ4n) is 3.11. The summed E-state index contributed by atoms with van der Waals surface area (Å²) in [5.41, 5.74) is 2.06. The fourth-order valence-corrected chi connectivity index (χ4v) is 3.57. The molecule has 1 aromatic rings. The Morgan fingerprint density at radius 3 is 2.96 bits per heavy atom. The van der Waals surface area contributed by atoms with Gasteiger partial charge >= 0.3 is 6.03 Å². The zero-order chi connectivity index (χ0) is 16.4. The lowest BCUT2D eigenvalue weighted by molar-refractivity contribution is -0.123. The average molecular weight is 356 g/mol. The van der Waals surface area contributed by atoms with Gasteiger partial charge in [0.15, 0.2) is 0 Å². The number of carbonyl (C=O) groups is 2. The summed E-state index contributed by atoms with van der Waals surface area (Å²) in [5.74, 6) is 0.0638. The minimum absolute atomic E-state index is 0.0329. The van der Waals surface area contributed by atoms with Crippen LogP contribution in [0.1, 0.15) is 30.4 Å². The molecule has 2 aliphatic rings. The molecule has 0 bridgehead atoms. The van der Waals surface area contributed by atoms with Gasteiger partial charge in [0.25, 0.3) is 0 Å². The van der Waals surface area contributed by atoms with Crippen molar-refractivity contribution >= 4 is 35.1 Å². The maximum absolute atomic E-state index is 12.3. The first-order chi connectivity index (χ1) is 11.0. The standard InChI is InChI=1S/C16H19Cl2N3O2/c17-13-5-4-10-9-21(7-6-12(10)15(13)18)16(23)19-8-11-2-1-3-14(22)20-11/h4-5,11H,1-3,6-9H2,(H,19,23)(H,20,22)/t11-/m1/s1. The molecule has 0 spiro atoms. The molecule has 0 aliphatic carbocycles. The lowest BCUT2D eigenvalue weighted by atomic mass is 10.00. The molecule has 1 fully saturated rings. The predicted octanol–water partition coefficient (Wildman–Crippen LogP) is 2.73. The Morgan fingerprint density at radius 1 is 1.35 bits per heavy atom. The lowest BCUT2D eigenvalue weighted by Crippen LogP contribution is -2.50. The Balaban J connectivity index is 1.57. The van der Waals surface area contributed by atoms with Crippen LogP contribution < -0.4 is 10.6 Å². The average Bonchev–Trinajstić information content (AvgIpc) is 2.56. The van der Waals surface area contributed by atoms with Crippen LogP contribution in [-0.4, -0.2) is 36.0 Å². The number of rotatable bonds is 2. The molecule has 0 saturated carbocycles. The van der Waals surface area contributed by atoms with Crippen molar-refractivity contribution in [1.82, 2.24) is 15.5 Å². The third kappa shape index (κ3) is 3.72. The Kier molecular flexibility index (Phi) is 4.97. The minimum Gasteiger partial charge on any atom is -0.352 e. The molecule has 3 amide bonds. The molecule has 2 heterocycles. The van der Waals surface area contributed by atoms with Crippen molar-refractivity contribution in [3.63, 3.8) is 0 Å². The second-order valence-electron chi connectivity index (χ2n) is 6.01. The van der Waals surface area contributed by atoms with Crippen LogP contribution in [0.25, 0.3) is 0 Å². The van der Waals surface area contributed by atoms with E-state index in [0.717, 1.165) is 24.0 Å². The van der Waals surface area contributed by atoms with Crippen molar-refractivity contribution < 1.29 is 9.59 Å². The molecular formula is C16H19Cl2N3O2. The van der Waals surface area contributed by atoms with Gasteiger partial charge < -0.3 is 15.5 Å². The molecular weight excluding hydrogens is 337 g/mol. The van der Waals surface area contributed by atoms with Crippen molar-refractivity contribution in [2.24, 2.45) is 0 Å². The summed E-state index contributed by atoms with van der Waals surface area (Å²) in [6.07, 6.45) is 3.06. The Hall–Kier alpha value is -1.46. The van der Waals surface area contributed by atoms with Gasteiger partial charge in [-0.25, -0.2) is 4.79 Å². The molecule has 1 saturated heterocycles. The summed E-state index contributed by atoms with van der Waals surface area (Å²) < 4.78 is 0. The van der Waals surface area contributed by atoms with E-state index in [4.69, 9.17) is 23.2 Å². The Morgan fingerprint density at radius 2 is 2.17 bits per heavy atom. The third-order valence-corrected chi connectivity index (χ3v) is 5.24. The highest BCUT2D eigenvalue weighted by molar-refractivity contribution is 6.42. The quantitative estimate of drug-likeness (QED) is 0.856. The number of halogens is 2. The summed E-state index contributed by atoms with van der Waals surface area (Å²) in [4.78, 5) is 25.4. The van der Waals surface area contributed by atoms with Crippen LogP contribution in [0.3, 0.4) is 0 Å². The number of amides is 3. The van der Waals surface area contributed by atoms with E-state index in [9.17, 15) is 9.59 Å². The second kappa shape index (κ2) is 6.97. The first-order valence-corrected chi connectivity index (χ1v) is 8.58. The van der Waals surface area contributed by atoms with Gasteiger partial charge in [-0.3, -0.25) is 4.79 Å². The number of hydrogen-bond acceptors (Lipinski definition) is 2. The Labute approximate surface area is 145 Å². The number of fused-ring (bicyclic) bond motifs is 1. The van der Waals surface area contributed by atoms with Crippen LogP contribution in [-0.2, 0) is 17.8 Å². The highest BCUT2D eigenvalue weighted by atomic mass is 35.5. The normalized spacial score (nSPS) is 20.7. The molecule has 7 heteroatoms. The second-order valence-corrected chi connectivity index (χ2v) is 6.80. The maximum atomic E-state index is 12.3. The number of hydrogen-bond donors (Lipinski definition) is 2. The SMILES string of the molecule is O=C1CCC[C@H](CNC(=O)N2CCc3c(ccc(Cl)c3Cl)C2)N1. The van der Waals surface area contributed by atoms with Crippen molar-refractivity contribution in [1.29, 1.82) is 0 Å². The first-order valence-electron chi connectivity index (χ1n) is 7.82. The highest BCUT2D eigenvalue weighted by Gasteiger charge is 2.24. The van der Waals surface area contributed by atoms with E-state index in [1.165, 1.54) is 0 Å². The summed E-state index contributed by atoms with van der Waals surface area (Å²) in [7, 11) is 0. The van der Waals surface area contributed by atoms with Crippen LogP contribution in [0.5, 0.6) is 0 Å². The summed E-state index contributed by atoms with van der Waals surface area (Å²) in [6.45, 7) is 1.60. The summed E-state index contributed by atoms with van der Waals surface area (Å²) >= 11 is 12.3. The summed E-state index contributed by atoms with van der Waals surface area (Å²) in [5, 5.41) is 6.96. The predicted molar refractivity (Wildman–Crippen MR) is 89.8 cm³/mol. The van der Waals surface area contributed by atoms with Crippen molar-refractivity contribution in [3.05, 3.63) is 33.3 Å². The van der Waals surface area contributed by atoms with E-state index < -0.39 is 0 Å². The molecule has 5 nitrogen and oxygen atoms in total. The third-order valence-electron chi connectivity index (χ3n) is 4.39. The molecule has 23 heavy (non-hydrogen) atoms. The molecule has 0 radical (unpaired) electrons. The van der Waals surface area contributed by atoms with Gasteiger partial charge in [0.05, 0.1) is 10.0 Å². The van der Waals surface area contributed by atoms with Gasteiger partial charge in [-0.2, -0.15) is 0 Å². The molecule has 1 aromatic carbocycles. The van der Waals surface area contributed by atoms with Gasteiger partial charge in [-0.1, -0.05) is 29.3 Å². The number of urea groups is 1. The van der Waals surface area contributed by atoms with Crippen LogP contribution in [0.2, 0.25) is 10.0 Å². The molecule has 0 unspecified atom stereocenters. The molecule has 1 atom stereocenters. The largest absolute Gasteiger partial charge is 0.352 e. The molecule has 124 valence electrons. The van der Waals surface area contributed by atoms with E-state index >= 15 is 0 Å². The highest BCUT2D eigenvalue weighted by Crippen LogP contribution is 2.32. The van der Waals surface area contributed by atoms with Crippen molar-refractivity contribution in [2.45, 2.75) is 38.3 Å². The molecule has 2 N–H and O–H groups in total. The number of nitrogens with one attached hydrogen (secondary N) is 2. The first kappa shape index (κ1) is 16.4. The number of piperidine rings is 1. The smallest absolute Gasteiger partial charge is 0.317 e. The van der Waals surface area contributed by atoms with Crippen LogP contribution in [0.4, 0.5) is 4.79 Å². The zero-order valence-electron chi connectivity index (χ0n) is 12.7. The van der Waals surface area contributed by atoms with E-state index in [0.29, 0.717) is 42.5 Å². The van der Waals surface area contributed by atoms with Gasteiger partial charge in [-0.15, -0.1) is 0 Å². The maximum Gasteiger partial charge on any atom is 0.317 e. The number of benzene rings is 1. The number of carbonyl (C=O) groups excluding carboxylic acids is 2. The van der Waals surface area contributed by atoms with Crippen molar-refractivity contribution in [2.75, 3.05) is 13.1 Å². The molecule has 0 aromatic heterocycles. The van der Waals surface area contributed by atoms with Crippen LogP contribution >= 0.6 is 23.2 Å². The number of nitrogens with zero attached hydrogens (tertiary/aromatic N) is 1. The Bertz CT molecular complexity index is 636. The van der Waals surface area contributed by atoms with Crippen LogP contribution in [0, 0.1) is 0 Å². The van der Waals surface area contributed by atoms with E-state index in [2.05, 4.69) is 10.6 Å². The molecule has 2 aliphatic heterocycles.